The number of likely N-dealkylation sites (N-methyl/N-ethyl adjacent to an activating group) is 1. The van der Waals surface area contributed by atoms with Crippen LogP contribution in [-0.2, 0) is 9.59 Å². The number of rotatable bonds is 1. The van der Waals surface area contributed by atoms with E-state index in [4.69, 9.17) is 0 Å². The van der Waals surface area contributed by atoms with Crippen LogP contribution < -0.4 is 4.90 Å². The van der Waals surface area contributed by atoms with Gasteiger partial charge in [-0.15, -0.1) is 0 Å². The predicted octanol–water partition coefficient (Wildman–Crippen LogP) is 0.631. The molecule has 1 aliphatic heterocycles. The Morgan fingerprint density at radius 1 is 1.19 bits per heavy atom. The van der Waals surface area contributed by atoms with E-state index in [0.717, 1.165) is 0 Å². The SMILES string of the molecule is CN1CC(=O)N(c2cccc(F)c2)CC1=O. The smallest absolute Gasteiger partial charge is 0.247 e. The van der Waals surface area contributed by atoms with Gasteiger partial charge in [0.15, 0.2) is 0 Å². The van der Waals surface area contributed by atoms with Gasteiger partial charge in [-0.1, -0.05) is 6.07 Å². The van der Waals surface area contributed by atoms with Crippen molar-refractivity contribution in [3.05, 3.63) is 30.1 Å². The maximum atomic E-state index is 13.0. The Morgan fingerprint density at radius 3 is 2.62 bits per heavy atom. The fraction of sp³-hybridized carbons (Fsp3) is 0.273. The van der Waals surface area contributed by atoms with Crippen LogP contribution in [-0.4, -0.2) is 36.9 Å². The highest BCUT2D eigenvalue weighted by molar-refractivity contribution is 6.04. The summed E-state index contributed by atoms with van der Waals surface area (Å²) in [5.41, 5.74) is 0.423. The quantitative estimate of drug-likeness (QED) is 0.699. The molecule has 4 nitrogen and oxygen atoms in total. The Hall–Kier alpha value is -1.91. The summed E-state index contributed by atoms with van der Waals surface area (Å²) in [6.07, 6.45) is 0. The molecule has 0 bridgehead atoms. The van der Waals surface area contributed by atoms with Gasteiger partial charge < -0.3 is 9.80 Å². The van der Waals surface area contributed by atoms with Crippen LogP contribution >= 0.6 is 0 Å². The molecule has 1 fully saturated rings. The Labute approximate surface area is 92.3 Å². The molecule has 1 aromatic rings. The Morgan fingerprint density at radius 2 is 1.94 bits per heavy atom. The molecule has 0 radical (unpaired) electrons. The van der Waals surface area contributed by atoms with E-state index in [1.54, 1.807) is 13.1 Å². The van der Waals surface area contributed by atoms with Gasteiger partial charge in [-0.3, -0.25) is 9.59 Å². The summed E-state index contributed by atoms with van der Waals surface area (Å²) in [6, 6.07) is 5.67. The molecule has 0 saturated carbocycles. The minimum Gasteiger partial charge on any atom is -0.335 e. The zero-order chi connectivity index (χ0) is 11.7. The number of hydrogen-bond acceptors (Lipinski definition) is 2. The Kier molecular flexibility index (Phi) is 2.60. The average molecular weight is 222 g/mol. The van der Waals surface area contributed by atoms with Gasteiger partial charge in [0.25, 0.3) is 0 Å². The van der Waals surface area contributed by atoms with Gasteiger partial charge in [0.05, 0.1) is 6.54 Å². The maximum Gasteiger partial charge on any atom is 0.247 e. The van der Waals surface area contributed by atoms with Crippen molar-refractivity contribution in [1.29, 1.82) is 0 Å². The molecule has 2 rings (SSSR count). The van der Waals surface area contributed by atoms with Crippen LogP contribution in [0.15, 0.2) is 24.3 Å². The zero-order valence-electron chi connectivity index (χ0n) is 8.81. The second-order valence-electron chi connectivity index (χ2n) is 3.71. The van der Waals surface area contributed by atoms with E-state index in [0.29, 0.717) is 5.69 Å². The molecule has 84 valence electrons. The summed E-state index contributed by atoms with van der Waals surface area (Å²) < 4.78 is 13.0. The number of carbonyl (C=O) groups excluding carboxylic acids is 2. The number of anilines is 1. The number of nitrogens with zero attached hydrogens (tertiary/aromatic N) is 2. The molecule has 2 amide bonds. The first-order valence-electron chi connectivity index (χ1n) is 4.88. The fourth-order valence-corrected chi connectivity index (χ4v) is 1.60. The first kappa shape index (κ1) is 10.6. The van der Waals surface area contributed by atoms with Gasteiger partial charge in [-0.2, -0.15) is 0 Å². The van der Waals surface area contributed by atoms with E-state index in [9.17, 15) is 14.0 Å². The van der Waals surface area contributed by atoms with Gasteiger partial charge in [0, 0.05) is 12.7 Å². The molecule has 1 aliphatic rings. The third-order valence-corrected chi connectivity index (χ3v) is 2.51. The van der Waals surface area contributed by atoms with Crippen LogP contribution in [0.2, 0.25) is 0 Å². The number of benzene rings is 1. The lowest BCUT2D eigenvalue weighted by atomic mass is 10.2. The van der Waals surface area contributed by atoms with Gasteiger partial charge in [0.2, 0.25) is 11.8 Å². The Bertz CT molecular complexity index is 447. The van der Waals surface area contributed by atoms with Gasteiger partial charge in [0.1, 0.15) is 12.4 Å². The van der Waals surface area contributed by atoms with Crippen molar-refractivity contribution < 1.29 is 14.0 Å². The van der Waals surface area contributed by atoms with Crippen molar-refractivity contribution in [2.45, 2.75) is 0 Å². The largest absolute Gasteiger partial charge is 0.335 e. The van der Waals surface area contributed by atoms with Crippen LogP contribution in [0.25, 0.3) is 0 Å². The highest BCUT2D eigenvalue weighted by Crippen LogP contribution is 2.18. The van der Waals surface area contributed by atoms with Gasteiger partial charge >= 0.3 is 0 Å². The third kappa shape index (κ3) is 1.88. The van der Waals surface area contributed by atoms with Crippen LogP contribution in [0.4, 0.5) is 10.1 Å². The van der Waals surface area contributed by atoms with E-state index in [1.165, 1.54) is 28.0 Å². The van der Waals surface area contributed by atoms with Crippen molar-refractivity contribution in [3.63, 3.8) is 0 Å². The van der Waals surface area contributed by atoms with Crippen molar-refractivity contribution in [3.8, 4) is 0 Å². The minimum absolute atomic E-state index is 0.0290. The molecule has 16 heavy (non-hydrogen) atoms. The molecule has 1 aromatic carbocycles. The number of carbonyl (C=O) groups is 2. The van der Waals surface area contributed by atoms with Crippen LogP contribution in [0.1, 0.15) is 0 Å². The molecular weight excluding hydrogens is 211 g/mol. The molecule has 0 aromatic heterocycles. The lowest BCUT2D eigenvalue weighted by Gasteiger charge is -2.31. The number of amides is 2. The van der Waals surface area contributed by atoms with E-state index >= 15 is 0 Å². The summed E-state index contributed by atoms with van der Waals surface area (Å²) >= 11 is 0. The molecule has 1 heterocycles. The van der Waals surface area contributed by atoms with Crippen LogP contribution in [0.5, 0.6) is 0 Å². The summed E-state index contributed by atoms with van der Waals surface area (Å²) in [5.74, 6) is -0.770. The van der Waals surface area contributed by atoms with Gasteiger partial charge in [-0.05, 0) is 18.2 Å². The fourth-order valence-electron chi connectivity index (χ4n) is 1.60. The third-order valence-electron chi connectivity index (χ3n) is 2.51. The summed E-state index contributed by atoms with van der Waals surface area (Å²) in [5, 5.41) is 0. The molecule has 0 spiro atoms. The first-order valence-corrected chi connectivity index (χ1v) is 4.88. The molecule has 0 unspecified atom stereocenters. The number of piperazine rings is 1. The molecule has 0 N–H and O–H groups in total. The van der Waals surface area contributed by atoms with E-state index in [-0.39, 0.29) is 24.9 Å². The Balaban J connectivity index is 2.27. The zero-order valence-corrected chi connectivity index (χ0v) is 8.81. The van der Waals surface area contributed by atoms with Crippen molar-refractivity contribution in [2.24, 2.45) is 0 Å². The monoisotopic (exact) mass is 222 g/mol. The maximum absolute atomic E-state index is 13.0. The summed E-state index contributed by atoms with van der Waals surface area (Å²) in [4.78, 5) is 25.8. The second kappa shape index (κ2) is 3.92. The summed E-state index contributed by atoms with van der Waals surface area (Å²) in [6.45, 7) is 0.00807. The average Bonchev–Trinajstić information content (AvgIpc) is 2.23. The molecule has 0 atom stereocenters. The summed E-state index contributed by atoms with van der Waals surface area (Å²) in [7, 11) is 1.57. The topological polar surface area (TPSA) is 40.6 Å². The molecule has 5 heteroatoms. The highest BCUT2D eigenvalue weighted by Gasteiger charge is 2.28. The predicted molar refractivity (Wildman–Crippen MR) is 56.4 cm³/mol. The normalized spacial score (nSPS) is 16.9. The lowest BCUT2D eigenvalue weighted by Crippen LogP contribution is -2.52. The van der Waals surface area contributed by atoms with E-state index in [1.807, 2.05) is 0 Å². The van der Waals surface area contributed by atoms with Crippen molar-refractivity contribution in [1.82, 2.24) is 4.90 Å². The number of halogens is 1. The van der Waals surface area contributed by atoms with Crippen LogP contribution in [0.3, 0.4) is 0 Å². The second-order valence-corrected chi connectivity index (χ2v) is 3.71. The lowest BCUT2D eigenvalue weighted by molar-refractivity contribution is -0.136. The first-order chi connectivity index (χ1) is 7.58. The van der Waals surface area contributed by atoms with E-state index in [2.05, 4.69) is 0 Å². The van der Waals surface area contributed by atoms with Crippen molar-refractivity contribution >= 4 is 17.5 Å². The highest BCUT2D eigenvalue weighted by atomic mass is 19.1. The van der Waals surface area contributed by atoms with Crippen LogP contribution in [0, 0.1) is 5.82 Å². The number of hydrogen-bond donors (Lipinski definition) is 0. The van der Waals surface area contributed by atoms with Crippen molar-refractivity contribution in [2.75, 3.05) is 25.0 Å². The van der Waals surface area contributed by atoms with E-state index < -0.39 is 5.82 Å². The molecule has 0 aliphatic carbocycles. The van der Waals surface area contributed by atoms with Gasteiger partial charge in [-0.25, -0.2) is 4.39 Å². The molecule has 1 saturated heterocycles. The molecular formula is C11H11FN2O2. The minimum atomic E-state index is -0.420. The standard InChI is InChI=1S/C11H11FN2O2/c1-13-6-11(16)14(7-10(13)15)9-4-2-3-8(12)5-9/h2-5H,6-7H2,1H3.